The minimum absolute atomic E-state index is 0.0716. The lowest BCUT2D eigenvalue weighted by molar-refractivity contribution is -0.276. The lowest BCUT2D eigenvalue weighted by Crippen LogP contribution is -2.22. The number of ether oxygens (including phenoxy) is 1. The van der Waals surface area contributed by atoms with Crippen molar-refractivity contribution in [3.63, 3.8) is 0 Å². The molecule has 0 aromatic carbocycles. The average Bonchev–Trinajstić information content (AvgIpc) is 2.22. The van der Waals surface area contributed by atoms with Gasteiger partial charge in [0.05, 0.1) is 11.3 Å². The molecule has 0 aliphatic heterocycles. The SMILES string of the molecule is NCc1nc(OC(F)(F)F)cc(S(=O)(=O)Cl)c1C(F)(F)F. The van der Waals surface area contributed by atoms with Gasteiger partial charge >= 0.3 is 12.5 Å². The first kappa shape index (κ1) is 17.8. The minimum Gasteiger partial charge on any atom is -0.388 e. The maximum absolute atomic E-state index is 12.8. The fourth-order valence-electron chi connectivity index (χ4n) is 1.36. The number of hydrogen-bond acceptors (Lipinski definition) is 5. The first-order valence-electron chi connectivity index (χ1n) is 4.77. The van der Waals surface area contributed by atoms with Gasteiger partial charge in [0.1, 0.15) is 4.90 Å². The van der Waals surface area contributed by atoms with E-state index in [4.69, 9.17) is 16.4 Å². The van der Waals surface area contributed by atoms with Crippen molar-refractivity contribution >= 4 is 19.7 Å². The Morgan fingerprint density at radius 1 is 1.24 bits per heavy atom. The van der Waals surface area contributed by atoms with Gasteiger partial charge in [0.15, 0.2) is 0 Å². The molecule has 0 bridgehead atoms. The van der Waals surface area contributed by atoms with Gasteiger partial charge in [-0.15, -0.1) is 13.2 Å². The Bertz CT molecular complexity index is 643. The lowest BCUT2D eigenvalue weighted by Gasteiger charge is -2.16. The summed E-state index contributed by atoms with van der Waals surface area (Å²) in [5, 5.41) is 0. The number of hydrogen-bond donors (Lipinski definition) is 1. The second-order valence-electron chi connectivity index (χ2n) is 3.47. The van der Waals surface area contributed by atoms with Gasteiger partial charge in [-0.25, -0.2) is 13.4 Å². The van der Waals surface area contributed by atoms with E-state index in [1.165, 1.54) is 0 Å². The van der Waals surface area contributed by atoms with E-state index in [2.05, 4.69) is 9.72 Å². The zero-order valence-corrected chi connectivity index (χ0v) is 11.2. The van der Waals surface area contributed by atoms with Crippen LogP contribution in [0.25, 0.3) is 0 Å². The highest BCUT2D eigenvalue weighted by molar-refractivity contribution is 8.13. The van der Waals surface area contributed by atoms with Crippen molar-refractivity contribution in [3.8, 4) is 5.88 Å². The van der Waals surface area contributed by atoms with Crippen molar-refractivity contribution in [2.24, 2.45) is 5.73 Å². The van der Waals surface area contributed by atoms with Crippen LogP contribution in [-0.2, 0) is 21.8 Å². The third kappa shape index (κ3) is 4.61. The lowest BCUT2D eigenvalue weighted by atomic mass is 10.2. The highest BCUT2D eigenvalue weighted by Crippen LogP contribution is 2.39. The van der Waals surface area contributed by atoms with Crippen molar-refractivity contribution in [1.29, 1.82) is 0 Å². The first-order chi connectivity index (χ1) is 9.25. The number of rotatable bonds is 3. The largest absolute Gasteiger partial charge is 0.574 e. The molecule has 13 heteroatoms. The molecule has 1 heterocycles. The highest BCUT2D eigenvalue weighted by Gasteiger charge is 2.41. The van der Waals surface area contributed by atoms with Gasteiger partial charge in [-0.05, 0) is 0 Å². The molecule has 0 aliphatic carbocycles. The van der Waals surface area contributed by atoms with E-state index in [0.717, 1.165) is 0 Å². The van der Waals surface area contributed by atoms with Crippen LogP contribution in [0.2, 0.25) is 0 Å². The molecule has 0 spiro atoms. The summed E-state index contributed by atoms with van der Waals surface area (Å²) in [5.74, 6) is -1.42. The smallest absolute Gasteiger partial charge is 0.388 e. The summed E-state index contributed by atoms with van der Waals surface area (Å²) < 4.78 is 100. The topological polar surface area (TPSA) is 82.3 Å². The van der Waals surface area contributed by atoms with Gasteiger partial charge in [0, 0.05) is 23.3 Å². The zero-order chi connectivity index (χ0) is 16.6. The molecule has 0 saturated heterocycles. The standard InChI is InChI=1S/C8H5ClF6N2O3S/c9-21(18,19)4-1-5(20-8(13,14)15)17-3(2-16)6(4)7(10,11)12/h1H,2,16H2. The quantitative estimate of drug-likeness (QED) is 0.662. The molecule has 21 heavy (non-hydrogen) atoms. The van der Waals surface area contributed by atoms with E-state index in [1.807, 2.05) is 0 Å². The number of nitrogens with zero attached hydrogens (tertiary/aromatic N) is 1. The molecule has 2 N–H and O–H groups in total. The first-order valence-corrected chi connectivity index (χ1v) is 7.08. The number of alkyl halides is 6. The Morgan fingerprint density at radius 3 is 2.10 bits per heavy atom. The molecule has 0 aliphatic rings. The molecule has 120 valence electrons. The Balaban J connectivity index is 3.67. The van der Waals surface area contributed by atoms with Crippen LogP contribution in [0.4, 0.5) is 26.3 Å². The van der Waals surface area contributed by atoms with E-state index in [0.29, 0.717) is 0 Å². The van der Waals surface area contributed by atoms with Gasteiger partial charge in [-0.3, -0.25) is 0 Å². The molecule has 0 amide bonds. The predicted molar refractivity (Wildman–Crippen MR) is 56.9 cm³/mol. The van der Waals surface area contributed by atoms with Crippen molar-refractivity contribution in [3.05, 3.63) is 17.3 Å². The van der Waals surface area contributed by atoms with E-state index >= 15 is 0 Å². The van der Waals surface area contributed by atoms with Crippen molar-refractivity contribution in [1.82, 2.24) is 4.98 Å². The maximum atomic E-state index is 12.8. The van der Waals surface area contributed by atoms with Gasteiger partial charge in [0.2, 0.25) is 5.88 Å². The molecular formula is C8H5ClF6N2O3S. The van der Waals surface area contributed by atoms with Crippen LogP contribution in [0.5, 0.6) is 5.88 Å². The molecular weight excluding hydrogens is 354 g/mol. The summed E-state index contributed by atoms with van der Waals surface area (Å²) in [7, 11) is -0.209. The number of pyridine rings is 1. The van der Waals surface area contributed by atoms with Crippen LogP contribution in [0.3, 0.4) is 0 Å². The summed E-state index contributed by atoms with van der Waals surface area (Å²) in [6.07, 6.45) is -10.5. The van der Waals surface area contributed by atoms with Crippen LogP contribution >= 0.6 is 10.7 Å². The summed E-state index contributed by atoms with van der Waals surface area (Å²) in [5.41, 5.74) is 1.97. The second kappa shape index (κ2) is 5.50. The van der Waals surface area contributed by atoms with Gasteiger partial charge < -0.3 is 10.5 Å². The van der Waals surface area contributed by atoms with Crippen LogP contribution < -0.4 is 10.5 Å². The Hall–Kier alpha value is -1.27. The maximum Gasteiger partial charge on any atom is 0.574 e. The van der Waals surface area contributed by atoms with Crippen LogP contribution in [0, 0.1) is 0 Å². The fourth-order valence-corrected chi connectivity index (χ4v) is 2.45. The van der Waals surface area contributed by atoms with Crippen molar-refractivity contribution in [2.75, 3.05) is 0 Å². The minimum atomic E-state index is -5.29. The molecule has 1 rings (SSSR count). The van der Waals surface area contributed by atoms with Gasteiger partial charge in [0.25, 0.3) is 9.05 Å². The molecule has 0 radical (unpaired) electrons. The normalized spacial score (nSPS) is 13.3. The van der Waals surface area contributed by atoms with Crippen LogP contribution in [0.1, 0.15) is 11.3 Å². The highest BCUT2D eigenvalue weighted by atomic mass is 35.7. The van der Waals surface area contributed by atoms with E-state index in [-0.39, 0.29) is 6.07 Å². The molecule has 1 aromatic rings. The molecule has 1 aromatic heterocycles. The Labute approximate surface area is 118 Å². The van der Waals surface area contributed by atoms with Crippen molar-refractivity contribution in [2.45, 2.75) is 24.0 Å². The average molecular weight is 359 g/mol. The summed E-state index contributed by atoms with van der Waals surface area (Å²) >= 11 is 0. The molecule has 0 fully saturated rings. The Morgan fingerprint density at radius 2 is 1.76 bits per heavy atom. The molecule has 0 unspecified atom stereocenters. The number of halogens is 7. The van der Waals surface area contributed by atoms with E-state index in [1.54, 1.807) is 0 Å². The van der Waals surface area contributed by atoms with Crippen molar-refractivity contribution < 1.29 is 39.5 Å². The summed E-state index contributed by atoms with van der Waals surface area (Å²) in [4.78, 5) is 1.29. The monoisotopic (exact) mass is 358 g/mol. The fraction of sp³-hybridized carbons (Fsp3) is 0.375. The molecule has 0 saturated carbocycles. The second-order valence-corrected chi connectivity index (χ2v) is 6.00. The van der Waals surface area contributed by atoms with Crippen LogP contribution in [-0.4, -0.2) is 19.8 Å². The van der Waals surface area contributed by atoms with E-state index < -0.39 is 50.2 Å². The molecule has 0 atom stereocenters. The predicted octanol–water partition coefficient (Wildman–Crippen LogP) is 2.39. The zero-order valence-electron chi connectivity index (χ0n) is 9.59. The number of nitrogens with two attached hydrogens (primary N) is 1. The van der Waals surface area contributed by atoms with Crippen LogP contribution in [0.15, 0.2) is 11.0 Å². The third-order valence-electron chi connectivity index (χ3n) is 1.99. The Kier molecular flexibility index (Phi) is 4.65. The third-order valence-corrected chi connectivity index (χ3v) is 3.34. The van der Waals surface area contributed by atoms with Gasteiger partial charge in [-0.2, -0.15) is 13.2 Å². The van der Waals surface area contributed by atoms with Gasteiger partial charge in [-0.1, -0.05) is 0 Å². The summed E-state index contributed by atoms with van der Waals surface area (Å²) in [6, 6.07) is -0.0716. The van der Waals surface area contributed by atoms with E-state index in [9.17, 15) is 34.8 Å². The number of aromatic nitrogens is 1. The summed E-state index contributed by atoms with van der Waals surface area (Å²) in [6.45, 7) is -0.983. The molecule has 5 nitrogen and oxygen atoms in total.